The number of allylic oxidation sites excluding steroid dienone is 9. The summed E-state index contributed by atoms with van der Waals surface area (Å²) in [4.78, 5) is 37.6. The molecule has 0 aliphatic heterocycles. The summed E-state index contributed by atoms with van der Waals surface area (Å²) in [7, 11) is 1.49. The van der Waals surface area contributed by atoms with Gasteiger partial charge in [0.1, 0.15) is 19.3 Å². The van der Waals surface area contributed by atoms with E-state index >= 15 is 0 Å². The first-order valence-electron chi connectivity index (χ1n) is 30.1. The van der Waals surface area contributed by atoms with E-state index in [-0.39, 0.29) is 31.5 Å². The zero-order valence-corrected chi connectivity index (χ0v) is 48.8. The van der Waals surface area contributed by atoms with Crippen molar-refractivity contribution in [1.29, 1.82) is 0 Å². The van der Waals surface area contributed by atoms with Gasteiger partial charge in [0.05, 0.1) is 33.8 Å². The number of ether oxygens (including phenoxy) is 1. The lowest BCUT2D eigenvalue weighted by molar-refractivity contribution is -0.870. The van der Waals surface area contributed by atoms with Crippen molar-refractivity contribution >= 4 is 19.7 Å². The van der Waals surface area contributed by atoms with Crippen LogP contribution in [-0.4, -0.2) is 74.3 Å². The Labute approximate surface area is 445 Å². The van der Waals surface area contributed by atoms with Gasteiger partial charge in [-0.3, -0.25) is 18.6 Å². The number of likely N-dealkylation sites (N-methyl/N-ethyl adjacent to an activating group) is 1. The molecule has 72 heavy (non-hydrogen) atoms. The minimum absolute atomic E-state index is 0.0368. The molecular weight excluding hydrogens is 916 g/mol. The predicted octanol–water partition coefficient (Wildman–Crippen LogP) is 18.3. The molecule has 2 N–H and O–H groups in total. The third-order valence-electron chi connectivity index (χ3n) is 13.3. The molecule has 1 amide bonds. The van der Waals surface area contributed by atoms with E-state index in [0.717, 1.165) is 77.0 Å². The van der Waals surface area contributed by atoms with Crippen LogP contribution >= 0.6 is 7.82 Å². The van der Waals surface area contributed by atoms with Gasteiger partial charge < -0.3 is 19.4 Å². The molecule has 0 aromatic carbocycles. The molecule has 0 fully saturated rings. The van der Waals surface area contributed by atoms with Crippen LogP contribution in [0, 0.1) is 0 Å². The molecule has 0 aliphatic rings. The Morgan fingerprint density at radius 2 is 0.903 bits per heavy atom. The zero-order valence-electron chi connectivity index (χ0n) is 47.9. The third-order valence-corrected chi connectivity index (χ3v) is 14.2. The Bertz CT molecular complexity index is 1420. The molecule has 0 saturated carbocycles. The van der Waals surface area contributed by atoms with Crippen LogP contribution in [0.1, 0.15) is 271 Å². The first kappa shape index (κ1) is 69.7. The number of unbranched alkanes of at least 4 members (excludes halogenated alkanes) is 32. The molecule has 0 rings (SSSR count). The Balaban J connectivity index is 5.28. The van der Waals surface area contributed by atoms with Crippen molar-refractivity contribution in [3.8, 4) is 0 Å². The van der Waals surface area contributed by atoms with Gasteiger partial charge >= 0.3 is 13.8 Å². The van der Waals surface area contributed by atoms with Crippen LogP contribution < -0.4 is 5.32 Å². The van der Waals surface area contributed by atoms with E-state index in [1.165, 1.54) is 161 Å². The number of carbonyl (C=O) groups is 2. The second-order valence-electron chi connectivity index (χ2n) is 21.6. The quantitative estimate of drug-likeness (QED) is 0.0156. The van der Waals surface area contributed by atoms with Gasteiger partial charge in [0.2, 0.25) is 5.91 Å². The van der Waals surface area contributed by atoms with Crippen molar-refractivity contribution in [2.24, 2.45) is 0 Å². The van der Waals surface area contributed by atoms with E-state index in [1.807, 2.05) is 33.3 Å². The number of phosphoric acid groups is 1. The van der Waals surface area contributed by atoms with Gasteiger partial charge in [0.15, 0.2) is 0 Å². The summed E-state index contributed by atoms with van der Waals surface area (Å²) in [5.41, 5.74) is 0. The van der Waals surface area contributed by atoms with Gasteiger partial charge in [0, 0.05) is 12.8 Å². The summed E-state index contributed by atoms with van der Waals surface area (Å²) in [6, 6.07) is -0.854. The van der Waals surface area contributed by atoms with E-state index in [1.54, 1.807) is 0 Å². The van der Waals surface area contributed by atoms with E-state index in [0.29, 0.717) is 17.4 Å². The van der Waals surface area contributed by atoms with E-state index in [2.05, 4.69) is 74.7 Å². The molecule has 0 aromatic heterocycles. The lowest BCUT2D eigenvalue weighted by atomic mass is 10.0. The van der Waals surface area contributed by atoms with Gasteiger partial charge in [-0.05, 0) is 76.7 Å². The highest BCUT2D eigenvalue weighted by Crippen LogP contribution is 2.43. The molecule has 420 valence electrons. The topological polar surface area (TPSA) is 111 Å². The van der Waals surface area contributed by atoms with Gasteiger partial charge in [0.25, 0.3) is 0 Å². The molecule has 0 radical (unpaired) electrons. The number of hydrogen-bond donors (Lipinski definition) is 2. The molecule has 0 heterocycles. The normalized spacial score (nSPS) is 14.2. The minimum Gasteiger partial charge on any atom is -0.456 e. The summed E-state index contributed by atoms with van der Waals surface area (Å²) in [5, 5.41) is 3.05. The number of phosphoric ester groups is 1. The Morgan fingerprint density at radius 3 is 1.36 bits per heavy atom. The molecular formula is C62H116N2O7P+. The Morgan fingerprint density at radius 1 is 0.500 bits per heavy atom. The number of esters is 1. The molecule has 10 heteroatoms. The first-order valence-corrected chi connectivity index (χ1v) is 31.6. The Hall–Kier alpha value is -2.29. The highest BCUT2D eigenvalue weighted by atomic mass is 31.2. The monoisotopic (exact) mass is 1030 g/mol. The maximum Gasteiger partial charge on any atom is 0.472 e. The van der Waals surface area contributed by atoms with Gasteiger partial charge in [-0.25, -0.2) is 4.57 Å². The number of hydrogen-bond acceptors (Lipinski definition) is 6. The summed E-state index contributed by atoms with van der Waals surface area (Å²) in [6.45, 7) is 6.88. The van der Waals surface area contributed by atoms with Crippen LogP contribution in [-0.2, 0) is 27.9 Å². The number of nitrogens with one attached hydrogen (secondary N) is 1. The van der Waals surface area contributed by atoms with Crippen LogP contribution in [0.3, 0.4) is 0 Å². The van der Waals surface area contributed by atoms with Crippen molar-refractivity contribution in [3.05, 3.63) is 60.8 Å². The summed E-state index contributed by atoms with van der Waals surface area (Å²) < 4.78 is 30.7. The summed E-state index contributed by atoms with van der Waals surface area (Å²) >= 11 is 0. The van der Waals surface area contributed by atoms with Crippen LogP contribution in [0.5, 0.6) is 0 Å². The largest absolute Gasteiger partial charge is 0.472 e. The van der Waals surface area contributed by atoms with Crippen LogP contribution in [0.4, 0.5) is 0 Å². The smallest absolute Gasteiger partial charge is 0.456 e. The number of quaternary nitrogens is 1. The maximum atomic E-state index is 13.5. The predicted molar refractivity (Wildman–Crippen MR) is 309 cm³/mol. The second kappa shape index (κ2) is 52.2. The molecule has 0 bridgehead atoms. The lowest BCUT2D eigenvalue weighted by Crippen LogP contribution is -2.47. The highest BCUT2D eigenvalue weighted by molar-refractivity contribution is 7.47. The average Bonchev–Trinajstić information content (AvgIpc) is 3.34. The molecule has 0 aliphatic carbocycles. The van der Waals surface area contributed by atoms with E-state index in [9.17, 15) is 19.0 Å². The summed E-state index contributed by atoms with van der Waals surface area (Å²) in [6.07, 6.45) is 65.0. The number of carbonyl (C=O) groups excluding carboxylic acids is 2. The fraction of sp³-hybridized carbons (Fsp3) is 0.806. The lowest BCUT2D eigenvalue weighted by Gasteiger charge is -2.27. The maximum absolute atomic E-state index is 13.5. The summed E-state index contributed by atoms with van der Waals surface area (Å²) in [5.74, 6) is -0.518. The van der Waals surface area contributed by atoms with Crippen molar-refractivity contribution in [3.63, 3.8) is 0 Å². The second-order valence-corrected chi connectivity index (χ2v) is 23.0. The molecule has 0 aromatic rings. The van der Waals surface area contributed by atoms with Crippen LogP contribution in [0.15, 0.2) is 60.8 Å². The molecule has 9 nitrogen and oxygen atoms in total. The van der Waals surface area contributed by atoms with Gasteiger partial charge in [-0.1, -0.05) is 242 Å². The molecule has 3 unspecified atom stereocenters. The van der Waals surface area contributed by atoms with E-state index in [4.69, 9.17) is 13.8 Å². The number of amides is 1. The average molecular weight is 1030 g/mol. The highest BCUT2D eigenvalue weighted by Gasteiger charge is 2.30. The van der Waals surface area contributed by atoms with Crippen LogP contribution in [0.25, 0.3) is 0 Å². The standard InChI is InChI=1S/C62H115N2O7P/c1-7-10-13-16-19-22-25-28-30-31-32-33-35-36-39-42-45-48-51-54-61(65)63-59(58-70-72(67,68)69-57-56-64(4,5)6)60(53-50-47-44-41-38-27-24-21-18-15-12-9-3)71-62(66)55-52-49-46-43-40-37-34-29-26-23-20-17-14-11-8-2/h11,14,17,20,23,26,28,30,50,53,59-60H,7-10,12-13,15-16,18-19,21-22,24-25,27,29,31-49,51-52,54-58H2,1-6H3,(H-,63,65,67,68)/p+1/b14-11+,20-17+,26-23+,30-28+,53-50-. The van der Waals surface area contributed by atoms with Gasteiger partial charge in [-0.15, -0.1) is 0 Å². The van der Waals surface area contributed by atoms with Crippen molar-refractivity contribution in [2.75, 3.05) is 40.9 Å². The molecule has 0 saturated heterocycles. The van der Waals surface area contributed by atoms with Crippen molar-refractivity contribution in [2.45, 2.75) is 283 Å². The SMILES string of the molecule is CC/C=C/C=C/C=C/CCCCCCCCCC(=O)OC(/C=C\CCCCCCCCCCCC)C(COP(=O)(O)OCC[N+](C)(C)C)NC(=O)CCCCCCCCCCC/C=C/CCCCCCCC. The van der Waals surface area contributed by atoms with E-state index < -0.39 is 20.0 Å². The zero-order chi connectivity index (χ0) is 52.9. The fourth-order valence-electron chi connectivity index (χ4n) is 8.58. The first-order chi connectivity index (χ1) is 34.9. The third kappa shape index (κ3) is 52.6. The molecule has 3 atom stereocenters. The van der Waals surface area contributed by atoms with Crippen molar-refractivity contribution in [1.82, 2.24) is 5.32 Å². The minimum atomic E-state index is -4.45. The van der Waals surface area contributed by atoms with Crippen molar-refractivity contribution < 1.29 is 37.3 Å². The molecule has 0 spiro atoms. The van der Waals surface area contributed by atoms with Crippen LogP contribution in [0.2, 0.25) is 0 Å². The fourth-order valence-corrected chi connectivity index (χ4v) is 9.32. The Kier molecular flexibility index (Phi) is 50.5. The number of nitrogens with zero attached hydrogens (tertiary/aromatic N) is 1. The number of rotatable bonds is 54. The van der Waals surface area contributed by atoms with Gasteiger partial charge in [-0.2, -0.15) is 0 Å².